The summed E-state index contributed by atoms with van der Waals surface area (Å²) in [4.78, 5) is 0. The number of methoxy groups -OCH3 is 1. The number of hydrogen-bond donors (Lipinski definition) is 1. The maximum Gasteiger partial charge on any atom is 0.126 e. The summed E-state index contributed by atoms with van der Waals surface area (Å²) in [7, 11) is 1.64. The van der Waals surface area contributed by atoms with Crippen LogP contribution in [0.1, 0.15) is 11.1 Å². The van der Waals surface area contributed by atoms with Crippen LogP contribution in [-0.2, 0) is 0 Å². The number of phenols is 1. The summed E-state index contributed by atoms with van der Waals surface area (Å²) in [5.74, 6) is 1.06. The fraction of sp³-hybridized carbons (Fsp3) is 0.200. The number of aryl methyl sites for hydroxylation is 2. The molecule has 0 atom stereocenters. The third kappa shape index (κ3) is 2.11. The molecule has 2 nitrogen and oxygen atoms in total. The summed E-state index contributed by atoms with van der Waals surface area (Å²) >= 11 is 0. The van der Waals surface area contributed by atoms with E-state index in [1.165, 1.54) is 0 Å². The summed E-state index contributed by atoms with van der Waals surface area (Å²) in [6, 6.07) is 11.5. The fourth-order valence-corrected chi connectivity index (χ4v) is 2.02. The van der Waals surface area contributed by atoms with Gasteiger partial charge < -0.3 is 9.84 Å². The molecule has 0 aliphatic rings. The molecule has 2 heteroatoms. The Morgan fingerprint density at radius 3 is 2.47 bits per heavy atom. The molecule has 0 aromatic heterocycles. The lowest BCUT2D eigenvalue weighted by Gasteiger charge is -2.13. The lowest BCUT2D eigenvalue weighted by atomic mass is 9.97. The predicted molar refractivity (Wildman–Crippen MR) is 69.6 cm³/mol. The quantitative estimate of drug-likeness (QED) is 0.849. The maximum atomic E-state index is 10.0. The zero-order valence-electron chi connectivity index (χ0n) is 10.3. The van der Waals surface area contributed by atoms with E-state index >= 15 is 0 Å². The molecule has 0 unspecified atom stereocenters. The molecule has 0 spiro atoms. The second-order valence-electron chi connectivity index (χ2n) is 4.17. The summed E-state index contributed by atoms with van der Waals surface area (Å²) in [6.45, 7) is 4.01. The average Bonchev–Trinajstić information content (AvgIpc) is 2.29. The highest BCUT2D eigenvalue weighted by Crippen LogP contribution is 2.38. The third-order valence-electron chi connectivity index (χ3n) is 2.88. The van der Waals surface area contributed by atoms with Crippen LogP contribution in [0.4, 0.5) is 0 Å². The van der Waals surface area contributed by atoms with Crippen molar-refractivity contribution in [3.05, 3.63) is 47.5 Å². The Morgan fingerprint density at radius 2 is 1.82 bits per heavy atom. The van der Waals surface area contributed by atoms with Gasteiger partial charge in [-0.15, -0.1) is 0 Å². The molecule has 0 heterocycles. The molecule has 0 fully saturated rings. The molecule has 2 aromatic rings. The van der Waals surface area contributed by atoms with Crippen LogP contribution in [0.5, 0.6) is 11.5 Å². The molecule has 0 aliphatic carbocycles. The monoisotopic (exact) mass is 228 g/mol. The number of phenolic OH excluding ortho intramolecular Hbond substituents is 1. The molecule has 2 rings (SSSR count). The Hall–Kier alpha value is -1.96. The highest BCUT2D eigenvalue weighted by Gasteiger charge is 2.12. The van der Waals surface area contributed by atoms with Gasteiger partial charge in [0.2, 0.25) is 0 Å². The van der Waals surface area contributed by atoms with E-state index in [0.29, 0.717) is 0 Å². The van der Waals surface area contributed by atoms with Gasteiger partial charge in [-0.1, -0.05) is 23.8 Å². The summed E-state index contributed by atoms with van der Waals surface area (Å²) in [6.07, 6.45) is 0. The first kappa shape index (κ1) is 11.5. The van der Waals surface area contributed by atoms with Crippen molar-refractivity contribution >= 4 is 0 Å². The molecule has 2 aromatic carbocycles. The smallest absolute Gasteiger partial charge is 0.126 e. The lowest BCUT2D eigenvalue weighted by molar-refractivity contribution is 0.415. The van der Waals surface area contributed by atoms with E-state index in [2.05, 4.69) is 0 Å². The van der Waals surface area contributed by atoms with Gasteiger partial charge in [-0.3, -0.25) is 0 Å². The second-order valence-corrected chi connectivity index (χ2v) is 4.17. The minimum atomic E-state index is 0.286. The maximum absolute atomic E-state index is 10.0. The molecule has 17 heavy (non-hydrogen) atoms. The van der Waals surface area contributed by atoms with Crippen molar-refractivity contribution in [3.63, 3.8) is 0 Å². The number of rotatable bonds is 2. The van der Waals surface area contributed by atoms with Crippen LogP contribution in [-0.4, -0.2) is 12.2 Å². The molecule has 0 bridgehead atoms. The number of hydrogen-bond acceptors (Lipinski definition) is 2. The van der Waals surface area contributed by atoms with E-state index < -0.39 is 0 Å². The van der Waals surface area contributed by atoms with Crippen molar-refractivity contribution in [2.75, 3.05) is 7.11 Å². The third-order valence-corrected chi connectivity index (χ3v) is 2.88. The second kappa shape index (κ2) is 4.50. The topological polar surface area (TPSA) is 29.5 Å². The first-order chi connectivity index (χ1) is 8.13. The van der Waals surface area contributed by atoms with Crippen LogP contribution in [0.3, 0.4) is 0 Å². The van der Waals surface area contributed by atoms with E-state index in [0.717, 1.165) is 28.0 Å². The molecule has 0 saturated heterocycles. The zero-order valence-corrected chi connectivity index (χ0v) is 10.3. The van der Waals surface area contributed by atoms with E-state index in [9.17, 15) is 5.11 Å². The number of aromatic hydroxyl groups is 1. The van der Waals surface area contributed by atoms with Gasteiger partial charge in [0.25, 0.3) is 0 Å². The molecule has 88 valence electrons. The van der Waals surface area contributed by atoms with Gasteiger partial charge in [-0.05, 0) is 37.6 Å². The van der Waals surface area contributed by atoms with Crippen molar-refractivity contribution in [3.8, 4) is 22.6 Å². The van der Waals surface area contributed by atoms with Gasteiger partial charge in [-0.2, -0.15) is 0 Å². The van der Waals surface area contributed by atoms with Gasteiger partial charge in [0, 0.05) is 11.1 Å². The Bertz CT molecular complexity index is 524. The van der Waals surface area contributed by atoms with E-state index in [1.807, 2.05) is 44.2 Å². The highest BCUT2D eigenvalue weighted by atomic mass is 16.5. The van der Waals surface area contributed by atoms with Crippen molar-refractivity contribution < 1.29 is 9.84 Å². The van der Waals surface area contributed by atoms with Crippen LogP contribution in [0.2, 0.25) is 0 Å². The standard InChI is InChI=1S/C15H16O2/c1-10-7-8-14(17-3)12(9-10)15-11(2)5-4-6-13(15)16/h4-9,16H,1-3H3. The molecular formula is C15H16O2. The van der Waals surface area contributed by atoms with E-state index in [4.69, 9.17) is 4.74 Å². The van der Waals surface area contributed by atoms with Crippen molar-refractivity contribution in [1.82, 2.24) is 0 Å². The molecular weight excluding hydrogens is 212 g/mol. The Labute approximate surface area is 101 Å². The molecule has 0 aliphatic heterocycles. The Balaban J connectivity index is 2.71. The van der Waals surface area contributed by atoms with Crippen molar-refractivity contribution in [2.45, 2.75) is 13.8 Å². The zero-order chi connectivity index (χ0) is 12.4. The normalized spacial score (nSPS) is 10.3. The first-order valence-electron chi connectivity index (χ1n) is 5.57. The van der Waals surface area contributed by atoms with Crippen LogP contribution in [0, 0.1) is 13.8 Å². The van der Waals surface area contributed by atoms with Crippen LogP contribution in [0.15, 0.2) is 36.4 Å². The minimum absolute atomic E-state index is 0.286. The molecule has 0 radical (unpaired) electrons. The predicted octanol–water partition coefficient (Wildman–Crippen LogP) is 3.68. The number of benzene rings is 2. The Morgan fingerprint density at radius 1 is 1.06 bits per heavy atom. The summed E-state index contributed by atoms with van der Waals surface area (Å²) < 4.78 is 5.35. The molecule has 0 saturated carbocycles. The van der Waals surface area contributed by atoms with Crippen molar-refractivity contribution in [2.24, 2.45) is 0 Å². The minimum Gasteiger partial charge on any atom is -0.507 e. The van der Waals surface area contributed by atoms with Crippen molar-refractivity contribution in [1.29, 1.82) is 0 Å². The molecule has 1 N–H and O–H groups in total. The largest absolute Gasteiger partial charge is 0.507 e. The summed E-state index contributed by atoms with van der Waals surface area (Å²) in [5.41, 5.74) is 3.95. The first-order valence-corrected chi connectivity index (χ1v) is 5.57. The van der Waals surface area contributed by atoms with Crippen LogP contribution >= 0.6 is 0 Å². The van der Waals surface area contributed by atoms with E-state index in [1.54, 1.807) is 13.2 Å². The van der Waals surface area contributed by atoms with Gasteiger partial charge in [0.1, 0.15) is 11.5 Å². The average molecular weight is 228 g/mol. The van der Waals surface area contributed by atoms with Gasteiger partial charge >= 0.3 is 0 Å². The van der Waals surface area contributed by atoms with Gasteiger partial charge in [-0.25, -0.2) is 0 Å². The Kier molecular flexibility index (Phi) is 3.05. The highest BCUT2D eigenvalue weighted by molar-refractivity contribution is 5.78. The van der Waals surface area contributed by atoms with E-state index in [-0.39, 0.29) is 5.75 Å². The molecule has 0 amide bonds. The lowest BCUT2D eigenvalue weighted by Crippen LogP contribution is -1.91. The van der Waals surface area contributed by atoms with Gasteiger partial charge in [0.05, 0.1) is 7.11 Å². The van der Waals surface area contributed by atoms with Gasteiger partial charge in [0.15, 0.2) is 0 Å². The fourth-order valence-electron chi connectivity index (χ4n) is 2.02. The van der Waals surface area contributed by atoms with Crippen LogP contribution < -0.4 is 4.74 Å². The number of ether oxygens (including phenoxy) is 1. The summed E-state index contributed by atoms with van der Waals surface area (Å²) in [5, 5.41) is 10.0. The van der Waals surface area contributed by atoms with Crippen LogP contribution in [0.25, 0.3) is 11.1 Å². The SMILES string of the molecule is COc1ccc(C)cc1-c1c(C)cccc1O.